The number of aliphatic hydroxyl groups excluding tert-OH is 1. The molecule has 0 saturated heterocycles. The zero-order valence-electron chi connectivity index (χ0n) is 11.2. The first kappa shape index (κ1) is 14.1. The Morgan fingerprint density at radius 1 is 1.35 bits per heavy atom. The minimum absolute atomic E-state index is 0.168. The van der Waals surface area contributed by atoms with Gasteiger partial charge >= 0.3 is 0 Å². The maximum Gasteiger partial charge on any atom is 0.0547 e. The van der Waals surface area contributed by atoms with Crippen molar-refractivity contribution in [2.75, 3.05) is 13.6 Å². The van der Waals surface area contributed by atoms with E-state index in [2.05, 4.69) is 29.1 Å². The van der Waals surface area contributed by atoms with Crippen LogP contribution in [0.2, 0.25) is 0 Å². The maximum atomic E-state index is 9.16. The van der Waals surface area contributed by atoms with Crippen molar-refractivity contribution >= 4 is 0 Å². The lowest BCUT2D eigenvalue weighted by Gasteiger charge is -2.16. The van der Waals surface area contributed by atoms with E-state index in [1.165, 1.54) is 0 Å². The van der Waals surface area contributed by atoms with Gasteiger partial charge in [0.05, 0.1) is 11.8 Å². The molecule has 0 fully saturated rings. The smallest absolute Gasteiger partial charge is 0.0547 e. The highest BCUT2D eigenvalue weighted by molar-refractivity contribution is 5.09. The largest absolute Gasteiger partial charge is 0.393 e. The molecule has 1 N–H and O–H groups in total. The Balaban J connectivity index is 2.23. The summed E-state index contributed by atoms with van der Waals surface area (Å²) in [5.41, 5.74) is 2.20. The molecule has 0 amide bonds. The van der Waals surface area contributed by atoms with E-state index in [9.17, 15) is 0 Å². The zero-order chi connectivity index (χ0) is 12.7. The van der Waals surface area contributed by atoms with Crippen LogP contribution in [0.4, 0.5) is 0 Å². The van der Waals surface area contributed by atoms with Gasteiger partial charge in [0, 0.05) is 12.2 Å². The second kappa shape index (κ2) is 7.41. The average molecular weight is 236 g/mol. The predicted molar refractivity (Wildman–Crippen MR) is 70.8 cm³/mol. The number of aliphatic hydroxyl groups is 1. The molecule has 3 nitrogen and oxygen atoms in total. The summed E-state index contributed by atoms with van der Waals surface area (Å²) in [7, 11) is 2.12. The van der Waals surface area contributed by atoms with Crippen LogP contribution in [-0.2, 0) is 6.54 Å². The molecule has 0 aliphatic heterocycles. The van der Waals surface area contributed by atoms with Crippen molar-refractivity contribution < 1.29 is 5.11 Å². The highest BCUT2D eigenvalue weighted by Crippen LogP contribution is 2.05. The fourth-order valence-electron chi connectivity index (χ4n) is 1.86. The van der Waals surface area contributed by atoms with Gasteiger partial charge < -0.3 is 10.0 Å². The Morgan fingerprint density at radius 3 is 2.76 bits per heavy atom. The Kier molecular flexibility index (Phi) is 6.16. The van der Waals surface area contributed by atoms with Crippen LogP contribution in [0, 0.1) is 6.92 Å². The summed E-state index contributed by atoms with van der Waals surface area (Å²) in [6, 6.07) is 6.14. The summed E-state index contributed by atoms with van der Waals surface area (Å²) < 4.78 is 0. The van der Waals surface area contributed by atoms with Crippen LogP contribution >= 0.6 is 0 Å². The molecule has 0 aliphatic rings. The number of unbranched alkanes of at least 4 members (excludes halogenated alkanes) is 1. The summed E-state index contributed by atoms with van der Waals surface area (Å²) in [5, 5.41) is 9.16. The first-order valence-corrected chi connectivity index (χ1v) is 6.37. The Labute approximate surface area is 104 Å². The molecule has 0 aromatic carbocycles. The van der Waals surface area contributed by atoms with E-state index in [4.69, 9.17) is 5.11 Å². The first-order valence-electron chi connectivity index (χ1n) is 6.37. The molecule has 1 aromatic heterocycles. The van der Waals surface area contributed by atoms with Gasteiger partial charge in [-0.15, -0.1) is 0 Å². The topological polar surface area (TPSA) is 36.4 Å². The summed E-state index contributed by atoms with van der Waals surface area (Å²) in [5.74, 6) is 0. The lowest BCUT2D eigenvalue weighted by atomic mass is 10.1. The Bertz CT molecular complexity index is 326. The molecule has 0 radical (unpaired) electrons. The minimum atomic E-state index is -0.168. The molecule has 0 saturated carbocycles. The average Bonchev–Trinajstić information content (AvgIpc) is 2.24. The van der Waals surface area contributed by atoms with Crippen LogP contribution in [0.25, 0.3) is 0 Å². The lowest BCUT2D eigenvalue weighted by Crippen LogP contribution is -2.20. The molecule has 0 spiro atoms. The molecule has 1 heterocycles. The Morgan fingerprint density at radius 2 is 2.12 bits per heavy atom. The van der Waals surface area contributed by atoms with E-state index >= 15 is 0 Å². The van der Waals surface area contributed by atoms with Gasteiger partial charge in [-0.1, -0.05) is 6.07 Å². The van der Waals surface area contributed by atoms with Gasteiger partial charge in [-0.3, -0.25) is 4.98 Å². The van der Waals surface area contributed by atoms with Crippen LogP contribution in [0.1, 0.15) is 37.6 Å². The van der Waals surface area contributed by atoms with Crippen molar-refractivity contribution in [3.8, 4) is 0 Å². The number of hydrogen-bond donors (Lipinski definition) is 1. The van der Waals surface area contributed by atoms with Crippen molar-refractivity contribution in [2.45, 2.75) is 45.8 Å². The molecule has 96 valence electrons. The van der Waals surface area contributed by atoms with E-state index in [0.29, 0.717) is 0 Å². The summed E-state index contributed by atoms with van der Waals surface area (Å²) in [4.78, 5) is 6.77. The summed E-state index contributed by atoms with van der Waals surface area (Å²) in [6.45, 7) is 5.82. The molecule has 17 heavy (non-hydrogen) atoms. The number of hydrogen-bond acceptors (Lipinski definition) is 3. The fourth-order valence-corrected chi connectivity index (χ4v) is 1.86. The second-order valence-electron chi connectivity index (χ2n) is 4.85. The SMILES string of the molecule is Cc1cccc(CN(C)CCCCC(C)O)n1. The van der Waals surface area contributed by atoms with Crippen molar-refractivity contribution in [3.05, 3.63) is 29.6 Å². The normalized spacial score (nSPS) is 13.0. The van der Waals surface area contributed by atoms with E-state index in [1.54, 1.807) is 0 Å². The standard InChI is InChI=1S/C14H24N2O/c1-12-7-6-9-14(15-12)11-16(3)10-5-4-8-13(2)17/h6-7,9,13,17H,4-5,8,10-11H2,1-3H3. The van der Waals surface area contributed by atoms with Crippen molar-refractivity contribution in [2.24, 2.45) is 0 Å². The Hall–Kier alpha value is -0.930. The maximum absolute atomic E-state index is 9.16. The van der Waals surface area contributed by atoms with Gasteiger partial charge in [-0.2, -0.15) is 0 Å². The van der Waals surface area contributed by atoms with E-state index < -0.39 is 0 Å². The van der Waals surface area contributed by atoms with E-state index in [1.807, 2.05) is 19.9 Å². The van der Waals surface area contributed by atoms with Gasteiger partial charge in [-0.05, 0) is 58.8 Å². The number of aromatic nitrogens is 1. The van der Waals surface area contributed by atoms with Crippen LogP contribution in [0.5, 0.6) is 0 Å². The first-order chi connectivity index (χ1) is 8.08. The molecule has 1 aromatic rings. The molecule has 3 heteroatoms. The minimum Gasteiger partial charge on any atom is -0.393 e. The van der Waals surface area contributed by atoms with Gasteiger partial charge in [0.1, 0.15) is 0 Å². The van der Waals surface area contributed by atoms with Crippen LogP contribution in [0.15, 0.2) is 18.2 Å². The molecular formula is C14H24N2O. The van der Waals surface area contributed by atoms with Crippen molar-refractivity contribution in [1.29, 1.82) is 0 Å². The molecule has 1 rings (SSSR count). The number of rotatable bonds is 7. The van der Waals surface area contributed by atoms with Gasteiger partial charge in [0.2, 0.25) is 0 Å². The van der Waals surface area contributed by atoms with Crippen LogP contribution in [-0.4, -0.2) is 34.7 Å². The van der Waals surface area contributed by atoms with Crippen molar-refractivity contribution in [3.63, 3.8) is 0 Å². The van der Waals surface area contributed by atoms with Gasteiger partial charge in [-0.25, -0.2) is 0 Å². The monoisotopic (exact) mass is 236 g/mol. The third kappa shape index (κ3) is 6.39. The quantitative estimate of drug-likeness (QED) is 0.738. The molecule has 1 atom stereocenters. The number of nitrogens with zero attached hydrogens (tertiary/aromatic N) is 2. The third-order valence-electron chi connectivity index (χ3n) is 2.79. The summed E-state index contributed by atoms with van der Waals surface area (Å²) in [6.07, 6.45) is 2.95. The third-order valence-corrected chi connectivity index (χ3v) is 2.79. The fraction of sp³-hybridized carbons (Fsp3) is 0.643. The lowest BCUT2D eigenvalue weighted by molar-refractivity contribution is 0.178. The highest BCUT2D eigenvalue weighted by Gasteiger charge is 2.02. The molecule has 0 bridgehead atoms. The second-order valence-corrected chi connectivity index (χ2v) is 4.85. The number of pyridine rings is 1. The highest BCUT2D eigenvalue weighted by atomic mass is 16.3. The number of aryl methyl sites for hydroxylation is 1. The van der Waals surface area contributed by atoms with Crippen molar-refractivity contribution in [1.82, 2.24) is 9.88 Å². The van der Waals surface area contributed by atoms with Gasteiger partial charge in [0.25, 0.3) is 0 Å². The van der Waals surface area contributed by atoms with E-state index in [0.717, 1.165) is 43.7 Å². The predicted octanol–water partition coefficient (Wildman–Crippen LogP) is 2.37. The molecule has 1 unspecified atom stereocenters. The zero-order valence-corrected chi connectivity index (χ0v) is 11.2. The molecule has 0 aliphatic carbocycles. The van der Waals surface area contributed by atoms with Crippen LogP contribution < -0.4 is 0 Å². The van der Waals surface area contributed by atoms with Gasteiger partial charge in [0.15, 0.2) is 0 Å². The summed E-state index contributed by atoms with van der Waals surface area (Å²) >= 11 is 0. The molecular weight excluding hydrogens is 212 g/mol. The van der Waals surface area contributed by atoms with E-state index in [-0.39, 0.29) is 6.10 Å². The van der Waals surface area contributed by atoms with Crippen LogP contribution in [0.3, 0.4) is 0 Å².